The Balaban J connectivity index is 2.34. The van der Waals surface area contributed by atoms with Crippen molar-refractivity contribution in [3.8, 4) is 0 Å². The van der Waals surface area contributed by atoms with E-state index in [1.54, 1.807) is 18.2 Å². The third-order valence-corrected chi connectivity index (χ3v) is 2.91. The fourth-order valence-corrected chi connectivity index (χ4v) is 1.78. The number of amides is 1. The Morgan fingerprint density at radius 1 is 1.44 bits per heavy atom. The van der Waals surface area contributed by atoms with Crippen LogP contribution >= 0.6 is 15.9 Å². The van der Waals surface area contributed by atoms with Gasteiger partial charge >= 0.3 is 0 Å². The third-order valence-electron chi connectivity index (χ3n) is 2.22. The molecule has 1 aromatic rings. The van der Waals surface area contributed by atoms with Crippen LogP contribution in [0.5, 0.6) is 0 Å². The highest BCUT2D eigenvalue weighted by Crippen LogP contribution is 2.19. The van der Waals surface area contributed by atoms with E-state index in [-0.39, 0.29) is 12.5 Å². The Hall–Kier alpha value is -1.11. The van der Waals surface area contributed by atoms with E-state index in [1.165, 1.54) is 0 Å². The predicted molar refractivity (Wildman–Crippen MR) is 73.4 cm³/mol. The molecule has 18 heavy (non-hydrogen) atoms. The molecule has 1 rings (SSSR count). The summed E-state index contributed by atoms with van der Waals surface area (Å²) in [4.78, 5) is 11.8. The number of benzene rings is 1. The van der Waals surface area contributed by atoms with Crippen LogP contribution in [0.15, 0.2) is 22.7 Å². The molecule has 1 aromatic carbocycles. The van der Waals surface area contributed by atoms with Gasteiger partial charge in [0.05, 0.1) is 18.8 Å². The van der Waals surface area contributed by atoms with E-state index in [0.29, 0.717) is 41.9 Å². The van der Waals surface area contributed by atoms with Crippen molar-refractivity contribution in [2.45, 2.75) is 6.42 Å². The van der Waals surface area contributed by atoms with Crippen LogP contribution in [-0.2, 0) is 4.74 Å². The number of rotatable bonds is 7. The predicted octanol–water partition coefficient (Wildman–Crippen LogP) is 1.16. The van der Waals surface area contributed by atoms with Crippen LogP contribution in [0.25, 0.3) is 0 Å². The maximum atomic E-state index is 11.8. The first-order chi connectivity index (χ1) is 8.65. The number of carbonyl (C=O) groups is 1. The van der Waals surface area contributed by atoms with Crippen molar-refractivity contribution < 1.29 is 14.6 Å². The van der Waals surface area contributed by atoms with Gasteiger partial charge in [-0.2, -0.15) is 0 Å². The molecule has 5 nitrogen and oxygen atoms in total. The first kappa shape index (κ1) is 14.9. The van der Waals surface area contributed by atoms with Crippen LogP contribution in [0.2, 0.25) is 0 Å². The molecule has 0 aliphatic rings. The number of hydrogen-bond donors (Lipinski definition) is 3. The van der Waals surface area contributed by atoms with Gasteiger partial charge in [0, 0.05) is 23.3 Å². The van der Waals surface area contributed by atoms with Gasteiger partial charge in [0.2, 0.25) is 0 Å². The number of aliphatic hydroxyl groups is 1. The average Bonchev–Trinajstić information content (AvgIpc) is 2.36. The molecule has 0 saturated carbocycles. The maximum Gasteiger partial charge on any atom is 0.252 e. The molecule has 0 fully saturated rings. The van der Waals surface area contributed by atoms with Crippen LogP contribution in [0.3, 0.4) is 0 Å². The van der Waals surface area contributed by atoms with Gasteiger partial charge in [0.15, 0.2) is 0 Å². The van der Waals surface area contributed by atoms with E-state index in [1.807, 2.05) is 0 Å². The number of nitrogen functional groups attached to an aromatic ring is 1. The summed E-state index contributed by atoms with van der Waals surface area (Å²) < 4.78 is 5.80. The Kier molecular flexibility index (Phi) is 6.70. The summed E-state index contributed by atoms with van der Waals surface area (Å²) in [5, 5.41) is 11.3. The van der Waals surface area contributed by atoms with E-state index >= 15 is 0 Å². The number of nitrogens with one attached hydrogen (secondary N) is 1. The van der Waals surface area contributed by atoms with Gasteiger partial charge in [0.1, 0.15) is 0 Å². The Morgan fingerprint density at radius 3 is 2.94 bits per heavy atom. The van der Waals surface area contributed by atoms with Crippen molar-refractivity contribution in [3.05, 3.63) is 28.2 Å². The smallest absolute Gasteiger partial charge is 0.252 e. The second-order valence-electron chi connectivity index (χ2n) is 3.68. The number of hydrogen-bond acceptors (Lipinski definition) is 4. The van der Waals surface area contributed by atoms with E-state index < -0.39 is 0 Å². The molecule has 0 atom stereocenters. The second-order valence-corrected chi connectivity index (χ2v) is 4.54. The van der Waals surface area contributed by atoms with Gasteiger partial charge in [-0.05, 0) is 40.5 Å². The molecule has 0 aliphatic carbocycles. The number of aliphatic hydroxyl groups excluding tert-OH is 1. The Morgan fingerprint density at radius 2 is 2.22 bits per heavy atom. The number of anilines is 1. The highest BCUT2D eigenvalue weighted by molar-refractivity contribution is 9.10. The molecular weight excluding hydrogens is 300 g/mol. The first-order valence-corrected chi connectivity index (χ1v) is 6.46. The molecule has 0 aliphatic heterocycles. The molecule has 6 heteroatoms. The normalized spacial score (nSPS) is 10.3. The Labute approximate surface area is 114 Å². The SMILES string of the molecule is Nc1ccc(Br)c(C(=O)NCCCOCCO)c1. The van der Waals surface area contributed by atoms with Gasteiger partial charge in [0.25, 0.3) is 5.91 Å². The highest BCUT2D eigenvalue weighted by Gasteiger charge is 2.09. The van der Waals surface area contributed by atoms with E-state index in [4.69, 9.17) is 15.6 Å². The van der Waals surface area contributed by atoms with Gasteiger partial charge < -0.3 is 20.9 Å². The summed E-state index contributed by atoms with van der Waals surface area (Å²) >= 11 is 3.31. The summed E-state index contributed by atoms with van der Waals surface area (Å²) in [6, 6.07) is 5.10. The van der Waals surface area contributed by atoms with Gasteiger partial charge in [-0.1, -0.05) is 0 Å². The molecule has 0 unspecified atom stereocenters. The summed E-state index contributed by atoms with van der Waals surface area (Å²) in [5.41, 5.74) is 6.70. The lowest BCUT2D eigenvalue weighted by Crippen LogP contribution is -2.25. The summed E-state index contributed by atoms with van der Waals surface area (Å²) in [6.07, 6.45) is 0.700. The Bertz CT molecular complexity index is 399. The van der Waals surface area contributed by atoms with Crippen molar-refractivity contribution in [1.29, 1.82) is 0 Å². The summed E-state index contributed by atoms with van der Waals surface area (Å²) in [7, 11) is 0. The van der Waals surface area contributed by atoms with E-state index in [0.717, 1.165) is 0 Å². The molecule has 0 spiro atoms. The third kappa shape index (κ3) is 5.03. The van der Waals surface area contributed by atoms with Crippen LogP contribution < -0.4 is 11.1 Å². The molecule has 1 amide bonds. The lowest BCUT2D eigenvalue weighted by molar-refractivity contribution is 0.0867. The fourth-order valence-electron chi connectivity index (χ4n) is 1.35. The van der Waals surface area contributed by atoms with Crippen LogP contribution in [-0.4, -0.2) is 37.4 Å². The zero-order valence-corrected chi connectivity index (χ0v) is 11.6. The van der Waals surface area contributed by atoms with E-state index in [2.05, 4.69) is 21.2 Å². The monoisotopic (exact) mass is 316 g/mol. The number of halogens is 1. The molecule has 0 radical (unpaired) electrons. The van der Waals surface area contributed by atoms with Crippen molar-refractivity contribution in [2.75, 3.05) is 32.1 Å². The van der Waals surface area contributed by atoms with Crippen molar-refractivity contribution in [1.82, 2.24) is 5.32 Å². The highest BCUT2D eigenvalue weighted by atomic mass is 79.9. The molecule has 0 saturated heterocycles. The zero-order valence-electron chi connectivity index (χ0n) is 9.99. The molecule has 0 heterocycles. The largest absolute Gasteiger partial charge is 0.399 e. The minimum absolute atomic E-state index is 0.0165. The summed E-state index contributed by atoms with van der Waals surface area (Å²) in [5.74, 6) is -0.170. The summed E-state index contributed by atoms with van der Waals surface area (Å²) in [6.45, 7) is 1.38. The van der Waals surface area contributed by atoms with Gasteiger partial charge in [-0.25, -0.2) is 0 Å². The average molecular weight is 317 g/mol. The van der Waals surface area contributed by atoms with Crippen molar-refractivity contribution >= 4 is 27.5 Å². The number of nitrogens with two attached hydrogens (primary N) is 1. The van der Waals surface area contributed by atoms with Crippen LogP contribution in [0.4, 0.5) is 5.69 Å². The fraction of sp³-hybridized carbons (Fsp3) is 0.417. The standard InChI is InChI=1S/C12H17BrN2O3/c13-11-3-2-9(14)8-10(11)12(17)15-4-1-6-18-7-5-16/h2-3,8,16H,1,4-7,14H2,(H,15,17). The van der Waals surface area contributed by atoms with Gasteiger partial charge in [-0.3, -0.25) is 4.79 Å². The number of carbonyl (C=O) groups excluding carboxylic acids is 1. The lowest BCUT2D eigenvalue weighted by Gasteiger charge is -2.07. The van der Waals surface area contributed by atoms with Gasteiger partial charge in [-0.15, -0.1) is 0 Å². The number of ether oxygens (including phenoxy) is 1. The minimum Gasteiger partial charge on any atom is -0.399 e. The maximum absolute atomic E-state index is 11.8. The molecule has 0 aromatic heterocycles. The minimum atomic E-state index is -0.170. The second kappa shape index (κ2) is 8.07. The first-order valence-electron chi connectivity index (χ1n) is 5.67. The topological polar surface area (TPSA) is 84.6 Å². The molecular formula is C12H17BrN2O3. The molecule has 100 valence electrons. The van der Waals surface area contributed by atoms with Crippen molar-refractivity contribution in [2.24, 2.45) is 0 Å². The van der Waals surface area contributed by atoms with E-state index in [9.17, 15) is 4.79 Å². The van der Waals surface area contributed by atoms with Crippen molar-refractivity contribution in [3.63, 3.8) is 0 Å². The van der Waals surface area contributed by atoms with Crippen LogP contribution in [0.1, 0.15) is 16.8 Å². The lowest BCUT2D eigenvalue weighted by atomic mass is 10.2. The quantitative estimate of drug-likeness (QED) is 0.520. The zero-order chi connectivity index (χ0) is 13.4. The van der Waals surface area contributed by atoms with Crippen LogP contribution in [0, 0.1) is 0 Å². The molecule has 0 bridgehead atoms. The molecule has 4 N–H and O–H groups in total.